The van der Waals surface area contributed by atoms with Gasteiger partial charge in [-0.1, -0.05) is 60.7 Å². The predicted octanol–water partition coefficient (Wildman–Crippen LogP) is 4.27. The van der Waals surface area contributed by atoms with Crippen LogP contribution in [0.25, 0.3) is 0 Å². The first-order chi connectivity index (χ1) is 15.2. The molecule has 5 heteroatoms. The second-order valence-corrected chi connectivity index (χ2v) is 8.63. The zero-order chi connectivity index (χ0) is 21.2. The van der Waals surface area contributed by atoms with Crippen LogP contribution >= 0.6 is 0 Å². The molecule has 1 aliphatic heterocycles. The smallest absolute Gasteiger partial charge is 0.197 e. The zero-order valence-corrected chi connectivity index (χ0v) is 17.8. The molecule has 2 heterocycles. The molecule has 0 spiro atoms. The van der Waals surface area contributed by atoms with E-state index in [1.165, 1.54) is 11.1 Å². The van der Waals surface area contributed by atoms with E-state index in [9.17, 15) is 10.2 Å². The lowest BCUT2D eigenvalue weighted by molar-refractivity contribution is -0.0274. The molecule has 3 aromatic rings. The fraction of sp³-hybridized carbons (Fsp3) is 0.385. The Bertz CT molecular complexity index is 941. The van der Waals surface area contributed by atoms with Gasteiger partial charge in [0.05, 0.1) is 6.10 Å². The number of nitrogens with zero attached hydrogens (tertiary/aromatic N) is 2. The van der Waals surface area contributed by atoms with Gasteiger partial charge < -0.3 is 19.8 Å². The van der Waals surface area contributed by atoms with Crippen molar-refractivity contribution in [3.05, 3.63) is 82.9 Å². The lowest BCUT2D eigenvalue weighted by Gasteiger charge is -2.34. The first kappa shape index (κ1) is 20.2. The average Bonchev–Trinajstić information content (AvgIpc) is 2.94. The molecule has 5 nitrogen and oxygen atoms in total. The van der Waals surface area contributed by atoms with Crippen LogP contribution in [0.2, 0.25) is 0 Å². The number of rotatable bonds is 7. The maximum Gasteiger partial charge on any atom is 0.197 e. The number of fused-ring (bicyclic) bond motifs is 1. The lowest BCUT2D eigenvalue weighted by Crippen LogP contribution is -2.39. The summed E-state index contributed by atoms with van der Waals surface area (Å²) >= 11 is 0. The number of hydrogen-bond acceptors (Lipinski definition) is 4. The van der Waals surface area contributed by atoms with Gasteiger partial charge in [-0.2, -0.15) is 0 Å². The molecule has 1 saturated heterocycles. The second-order valence-electron chi connectivity index (χ2n) is 8.63. The highest BCUT2D eigenvalue weighted by Crippen LogP contribution is 2.41. The number of benzene rings is 2. The number of piperidine rings is 1. The Morgan fingerprint density at radius 2 is 1.29 bits per heavy atom. The largest absolute Gasteiger partial charge is 0.494 e. The Balaban J connectivity index is 1.19. The summed E-state index contributed by atoms with van der Waals surface area (Å²) in [5.74, 6) is 0.510. The number of ether oxygens (including phenoxy) is 1. The Labute approximate surface area is 183 Å². The minimum absolute atomic E-state index is 0.0498. The van der Waals surface area contributed by atoms with Crippen LogP contribution in [-0.2, 0) is 24.1 Å². The van der Waals surface area contributed by atoms with Gasteiger partial charge in [-0.25, -0.2) is 0 Å². The van der Waals surface area contributed by atoms with Gasteiger partial charge in [0.15, 0.2) is 11.8 Å². The molecule has 2 N–H and O–H groups in total. The van der Waals surface area contributed by atoms with Gasteiger partial charge in [-0.05, 0) is 36.8 Å². The van der Waals surface area contributed by atoms with Gasteiger partial charge in [-0.15, -0.1) is 0 Å². The van der Waals surface area contributed by atoms with E-state index >= 15 is 0 Å². The van der Waals surface area contributed by atoms with Crippen molar-refractivity contribution in [2.45, 2.75) is 44.4 Å². The second kappa shape index (κ2) is 8.77. The first-order valence-electron chi connectivity index (χ1n) is 11.3. The molecule has 0 saturated carbocycles. The highest BCUT2D eigenvalue weighted by molar-refractivity contribution is 5.51. The van der Waals surface area contributed by atoms with Gasteiger partial charge >= 0.3 is 0 Å². The Morgan fingerprint density at radius 1 is 0.774 bits per heavy atom. The fourth-order valence-corrected chi connectivity index (χ4v) is 4.81. The number of aromatic hydroxyl groups is 2. The van der Waals surface area contributed by atoms with Crippen LogP contribution < -0.4 is 0 Å². The third kappa shape index (κ3) is 4.08. The van der Waals surface area contributed by atoms with Crippen LogP contribution in [0.1, 0.15) is 41.2 Å². The summed E-state index contributed by atoms with van der Waals surface area (Å²) in [6.07, 6.45) is 3.87. The molecule has 2 aliphatic rings. The molecule has 31 heavy (non-hydrogen) atoms. The summed E-state index contributed by atoms with van der Waals surface area (Å²) in [6, 6.07) is 20.9. The minimum atomic E-state index is -0.0498. The van der Waals surface area contributed by atoms with E-state index in [1.54, 1.807) is 4.57 Å². The molecule has 0 unspecified atom stereocenters. The molecule has 1 aromatic heterocycles. The van der Waals surface area contributed by atoms with Crippen molar-refractivity contribution in [3.63, 3.8) is 0 Å². The van der Waals surface area contributed by atoms with E-state index in [0.717, 1.165) is 56.4 Å². The van der Waals surface area contributed by atoms with Crippen molar-refractivity contribution in [3.8, 4) is 11.8 Å². The highest BCUT2D eigenvalue weighted by atomic mass is 16.5. The van der Waals surface area contributed by atoms with E-state index in [0.29, 0.717) is 6.54 Å². The minimum Gasteiger partial charge on any atom is -0.494 e. The lowest BCUT2D eigenvalue weighted by atomic mass is 9.93. The van der Waals surface area contributed by atoms with Gasteiger partial charge in [0.25, 0.3) is 0 Å². The average molecular weight is 419 g/mol. The molecule has 5 rings (SSSR count). The van der Waals surface area contributed by atoms with Crippen molar-refractivity contribution in [1.82, 2.24) is 9.47 Å². The first-order valence-corrected chi connectivity index (χ1v) is 11.3. The Kier molecular flexibility index (Phi) is 5.70. The quantitative estimate of drug-likeness (QED) is 0.602. The summed E-state index contributed by atoms with van der Waals surface area (Å²) in [5, 5.41) is 20.6. The summed E-state index contributed by atoms with van der Waals surface area (Å²) in [7, 11) is 0. The molecule has 1 aliphatic carbocycles. The Morgan fingerprint density at radius 3 is 1.77 bits per heavy atom. The third-order valence-corrected chi connectivity index (χ3v) is 6.75. The molecule has 0 radical (unpaired) electrons. The van der Waals surface area contributed by atoms with Crippen molar-refractivity contribution < 1.29 is 14.9 Å². The van der Waals surface area contributed by atoms with E-state index in [-0.39, 0.29) is 24.0 Å². The van der Waals surface area contributed by atoms with Crippen LogP contribution in [0.4, 0.5) is 0 Å². The van der Waals surface area contributed by atoms with Crippen LogP contribution in [0, 0.1) is 0 Å². The molecule has 1 fully saturated rings. The molecule has 0 bridgehead atoms. The summed E-state index contributed by atoms with van der Waals surface area (Å²) in [4.78, 5) is 2.40. The van der Waals surface area contributed by atoms with E-state index < -0.39 is 0 Å². The molecule has 0 amide bonds. The standard InChI is InChI=1S/C26H30N2O3/c29-25-22-11-12-23(22)26(30)28(25)18-17-27-15-13-21(14-16-27)31-24(19-7-3-1-4-8-19)20-9-5-2-6-10-20/h1-10,21,24,29-30H,11-18H2. The van der Waals surface area contributed by atoms with Crippen molar-refractivity contribution in [2.24, 2.45) is 0 Å². The number of likely N-dealkylation sites (tertiary alicyclic amines) is 1. The summed E-state index contributed by atoms with van der Waals surface area (Å²) < 4.78 is 8.30. The maximum absolute atomic E-state index is 10.3. The van der Waals surface area contributed by atoms with E-state index in [4.69, 9.17) is 4.74 Å². The maximum atomic E-state index is 10.3. The Hall–Kier alpha value is -2.76. The fourth-order valence-electron chi connectivity index (χ4n) is 4.81. The van der Waals surface area contributed by atoms with Gasteiger partial charge in [-0.3, -0.25) is 4.57 Å². The normalized spacial score (nSPS) is 16.9. The van der Waals surface area contributed by atoms with Gasteiger partial charge in [0.2, 0.25) is 0 Å². The topological polar surface area (TPSA) is 57.9 Å². The van der Waals surface area contributed by atoms with Crippen LogP contribution in [0.15, 0.2) is 60.7 Å². The number of hydrogen-bond donors (Lipinski definition) is 2. The summed E-state index contributed by atoms with van der Waals surface area (Å²) in [6.45, 7) is 3.36. The SMILES string of the molecule is Oc1c2c(c(O)n1CCN1CCC(OC(c3ccccc3)c3ccccc3)CC1)CC2. The van der Waals surface area contributed by atoms with Crippen LogP contribution in [-0.4, -0.2) is 45.4 Å². The molecular formula is C26H30N2O3. The van der Waals surface area contributed by atoms with Crippen molar-refractivity contribution in [1.29, 1.82) is 0 Å². The van der Waals surface area contributed by atoms with Gasteiger partial charge in [0, 0.05) is 37.3 Å². The molecular weight excluding hydrogens is 388 g/mol. The highest BCUT2D eigenvalue weighted by Gasteiger charge is 2.29. The zero-order valence-electron chi connectivity index (χ0n) is 17.8. The van der Waals surface area contributed by atoms with Crippen molar-refractivity contribution in [2.75, 3.05) is 19.6 Å². The molecule has 2 aromatic carbocycles. The molecule has 162 valence electrons. The third-order valence-electron chi connectivity index (χ3n) is 6.75. The van der Waals surface area contributed by atoms with Crippen LogP contribution in [0.5, 0.6) is 11.8 Å². The molecule has 0 atom stereocenters. The van der Waals surface area contributed by atoms with E-state index in [2.05, 4.69) is 53.4 Å². The van der Waals surface area contributed by atoms with Crippen LogP contribution in [0.3, 0.4) is 0 Å². The van der Waals surface area contributed by atoms with Gasteiger partial charge in [0.1, 0.15) is 6.10 Å². The monoisotopic (exact) mass is 418 g/mol. The number of aromatic nitrogens is 1. The van der Waals surface area contributed by atoms with Crippen molar-refractivity contribution >= 4 is 0 Å². The summed E-state index contributed by atoms with van der Waals surface area (Å²) in [5.41, 5.74) is 4.23. The van der Waals surface area contributed by atoms with E-state index in [1.807, 2.05) is 12.1 Å². The predicted molar refractivity (Wildman–Crippen MR) is 120 cm³/mol.